The molecule has 0 bridgehead atoms. The van der Waals surface area contributed by atoms with Gasteiger partial charge in [0.25, 0.3) is 5.91 Å². The smallest absolute Gasteiger partial charge is 0.387 e. The van der Waals surface area contributed by atoms with E-state index in [1.807, 2.05) is 25.1 Å². The monoisotopic (exact) mass is 442 g/mol. The Labute approximate surface area is 184 Å². The first-order chi connectivity index (χ1) is 15.4. The Morgan fingerprint density at radius 2 is 1.91 bits per heavy atom. The zero-order valence-corrected chi connectivity index (χ0v) is 17.7. The average molecular weight is 442 g/mol. The number of amides is 1. The summed E-state index contributed by atoms with van der Waals surface area (Å²) in [6, 6.07) is 15.6. The lowest BCUT2D eigenvalue weighted by atomic mass is 10.1. The van der Waals surface area contributed by atoms with Crippen LogP contribution in [-0.4, -0.2) is 25.5 Å². The molecule has 0 atom stereocenters. The molecular weight excluding hydrogens is 418 g/mol. The normalized spacial score (nSPS) is 11.3. The summed E-state index contributed by atoms with van der Waals surface area (Å²) >= 11 is 0. The fourth-order valence-electron chi connectivity index (χ4n) is 3.00. The van der Waals surface area contributed by atoms with Crippen molar-refractivity contribution in [2.24, 2.45) is 4.99 Å². The molecule has 0 saturated heterocycles. The number of hydrogen-bond acceptors (Lipinski definition) is 4. The van der Waals surface area contributed by atoms with Crippen LogP contribution in [-0.2, 0) is 13.1 Å². The number of carbonyl (C=O) groups is 1. The molecule has 0 unspecified atom stereocenters. The summed E-state index contributed by atoms with van der Waals surface area (Å²) in [6.45, 7) is -0.337. The maximum Gasteiger partial charge on any atom is 0.387 e. The van der Waals surface area contributed by atoms with E-state index in [2.05, 4.69) is 25.7 Å². The quantitative estimate of drug-likeness (QED) is 0.358. The first-order valence-corrected chi connectivity index (χ1v) is 9.87. The van der Waals surface area contributed by atoms with Crippen LogP contribution in [0.2, 0.25) is 0 Å². The van der Waals surface area contributed by atoms with Crippen molar-refractivity contribution in [1.82, 2.24) is 10.6 Å². The summed E-state index contributed by atoms with van der Waals surface area (Å²) in [6.07, 6.45) is 1.44. The number of ether oxygens (including phenoxy) is 1. The van der Waals surface area contributed by atoms with Gasteiger partial charge in [0.05, 0.1) is 6.26 Å². The maximum absolute atomic E-state index is 12.7. The van der Waals surface area contributed by atoms with Crippen LogP contribution < -0.4 is 20.7 Å². The minimum atomic E-state index is -2.89. The number of anilines is 1. The number of alkyl halides is 2. The van der Waals surface area contributed by atoms with E-state index >= 15 is 0 Å². The van der Waals surface area contributed by atoms with E-state index in [1.54, 1.807) is 37.4 Å². The standard InChI is InChI=1S/C23H24F2N4O3/c1-15-8-9-19(32-22(24)25)17(11-15)14-28-23(26-2)27-13-16-5-3-6-18(12-16)29-21(30)20-7-4-10-31-20/h3-12,22H,13-14H2,1-2H3,(H,29,30)(H2,26,27,28). The summed E-state index contributed by atoms with van der Waals surface area (Å²) in [5.41, 5.74) is 3.06. The van der Waals surface area contributed by atoms with Crippen molar-refractivity contribution in [2.45, 2.75) is 26.6 Å². The number of rotatable bonds is 8. The number of halogens is 2. The predicted molar refractivity (Wildman–Crippen MR) is 118 cm³/mol. The molecule has 0 aliphatic heterocycles. The highest BCUT2D eigenvalue weighted by Gasteiger charge is 2.11. The summed E-state index contributed by atoms with van der Waals surface area (Å²) in [4.78, 5) is 16.3. The van der Waals surface area contributed by atoms with Crippen molar-refractivity contribution in [3.05, 3.63) is 83.3 Å². The van der Waals surface area contributed by atoms with Crippen LogP contribution in [0.5, 0.6) is 5.75 Å². The molecule has 9 heteroatoms. The van der Waals surface area contributed by atoms with E-state index in [-0.39, 0.29) is 24.0 Å². The lowest BCUT2D eigenvalue weighted by Gasteiger charge is -2.15. The molecule has 0 radical (unpaired) electrons. The van der Waals surface area contributed by atoms with Gasteiger partial charge < -0.3 is 25.1 Å². The van der Waals surface area contributed by atoms with E-state index in [4.69, 9.17) is 4.42 Å². The van der Waals surface area contributed by atoms with E-state index in [0.717, 1.165) is 11.1 Å². The Bertz CT molecular complexity index is 1070. The maximum atomic E-state index is 12.7. The van der Waals surface area contributed by atoms with Gasteiger partial charge in [-0.15, -0.1) is 0 Å². The molecule has 3 rings (SSSR count). The molecule has 1 heterocycles. The Kier molecular flexibility index (Phi) is 7.80. The number of nitrogens with one attached hydrogen (secondary N) is 3. The minimum absolute atomic E-state index is 0.119. The van der Waals surface area contributed by atoms with Crippen molar-refractivity contribution >= 4 is 17.6 Å². The number of aryl methyl sites for hydroxylation is 1. The van der Waals surface area contributed by atoms with E-state index in [9.17, 15) is 13.6 Å². The summed E-state index contributed by atoms with van der Waals surface area (Å²) in [7, 11) is 1.61. The first-order valence-electron chi connectivity index (χ1n) is 9.87. The molecule has 0 saturated carbocycles. The highest BCUT2D eigenvalue weighted by atomic mass is 19.3. The van der Waals surface area contributed by atoms with Crippen molar-refractivity contribution in [3.63, 3.8) is 0 Å². The van der Waals surface area contributed by atoms with E-state index < -0.39 is 6.61 Å². The molecule has 168 valence electrons. The Hall–Kier alpha value is -3.88. The second kappa shape index (κ2) is 10.9. The Morgan fingerprint density at radius 1 is 1.09 bits per heavy atom. The zero-order chi connectivity index (χ0) is 22.9. The fourth-order valence-corrected chi connectivity index (χ4v) is 3.00. The zero-order valence-electron chi connectivity index (χ0n) is 17.7. The van der Waals surface area contributed by atoms with Crippen molar-refractivity contribution < 1.29 is 22.7 Å². The SMILES string of the molecule is CN=C(NCc1cccc(NC(=O)c2ccco2)c1)NCc1cc(C)ccc1OC(F)F. The molecule has 1 aromatic heterocycles. The topological polar surface area (TPSA) is 87.9 Å². The number of hydrogen-bond donors (Lipinski definition) is 3. The molecule has 7 nitrogen and oxygen atoms in total. The van der Waals surface area contributed by atoms with Crippen molar-refractivity contribution in [2.75, 3.05) is 12.4 Å². The minimum Gasteiger partial charge on any atom is -0.459 e. The van der Waals surface area contributed by atoms with E-state index in [1.165, 1.54) is 12.3 Å². The van der Waals surface area contributed by atoms with Crippen LogP contribution in [0.4, 0.5) is 14.5 Å². The van der Waals surface area contributed by atoms with Gasteiger partial charge >= 0.3 is 6.61 Å². The van der Waals surface area contributed by atoms with Gasteiger partial charge in [0.15, 0.2) is 11.7 Å². The predicted octanol–water partition coefficient (Wildman–Crippen LogP) is 4.31. The molecule has 1 amide bonds. The van der Waals surface area contributed by atoms with Crippen molar-refractivity contribution in [3.8, 4) is 5.75 Å². The molecule has 0 aliphatic rings. The van der Waals surface area contributed by atoms with Gasteiger partial charge in [-0.3, -0.25) is 9.79 Å². The molecule has 0 aliphatic carbocycles. The third kappa shape index (κ3) is 6.56. The van der Waals surface area contributed by atoms with Crippen LogP contribution in [0.3, 0.4) is 0 Å². The van der Waals surface area contributed by atoms with Crippen LogP contribution in [0.15, 0.2) is 70.3 Å². The lowest BCUT2D eigenvalue weighted by molar-refractivity contribution is -0.0504. The summed E-state index contributed by atoms with van der Waals surface area (Å²) < 4.78 is 35.0. The molecule has 0 spiro atoms. The molecule has 3 aromatic rings. The fraction of sp³-hybridized carbons (Fsp3) is 0.217. The molecule has 32 heavy (non-hydrogen) atoms. The van der Waals surface area contributed by atoms with E-state index in [0.29, 0.717) is 23.8 Å². The largest absolute Gasteiger partial charge is 0.459 e. The van der Waals surface area contributed by atoms with Gasteiger partial charge in [-0.1, -0.05) is 29.8 Å². The van der Waals surface area contributed by atoms with Gasteiger partial charge in [-0.05, 0) is 42.8 Å². The highest BCUT2D eigenvalue weighted by molar-refractivity contribution is 6.02. The average Bonchev–Trinajstić information content (AvgIpc) is 3.31. The number of benzene rings is 2. The van der Waals surface area contributed by atoms with Gasteiger partial charge in [0.2, 0.25) is 0 Å². The number of nitrogens with zero attached hydrogens (tertiary/aromatic N) is 1. The Balaban J connectivity index is 1.57. The molecule has 0 fully saturated rings. The number of guanidine groups is 1. The van der Waals surface area contributed by atoms with Crippen LogP contribution in [0.1, 0.15) is 27.2 Å². The van der Waals surface area contributed by atoms with Crippen molar-refractivity contribution in [1.29, 1.82) is 0 Å². The highest BCUT2D eigenvalue weighted by Crippen LogP contribution is 2.22. The lowest BCUT2D eigenvalue weighted by Crippen LogP contribution is -2.36. The van der Waals surface area contributed by atoms with Gasteiger partial charge in [-0.25, -0.2) is 0 Å². The van der Waals surface area contributed by atoms with Crippen LogP contribution in [0.25, 0.3) is 0 Å². The second-order valence-corrected chi connectivity index (χ2v) is 6.90. The van der Waals surface area contributed by atoms with Gasteiger partial charge in [-0.2, -0.15) is 8.78 Å². The number of furan rings is 1. The first kappa shape index (κ1) is 22.8. The molecule has 2 aromatic carbocycles. The number of aliphatic imine (C=N–C) groups is 1. The molecular formula is C23H24F2N4O3. The van der Waals surface area contributed by atoms with Gasteiger partial charge in [0.1, 0.15) is 5.75 Å². The summed E-state index contributed by atoms with van der Waals surface area (Å²) in [5, 5.41) is 9.03. The van der Waals surface area contributed by atoms with Gasteiger partial charge in [0, 0.05) is 31.4 Å². The summed E-state index contributed by atoms with van der Waals surface area (Å²) in [5.74, 6) is 0.495. The third-order valence-corrected chi connectivity index (χ3v) is 4.49. The Morgan fingerprint density at radius 3 is 2.62 bits per heavy atom. The van der Waals surface area contributed by atoms with Crippen LogP contribution >= 0.6 is 0 Å². The third-order valence-electron chi connectivity index (χ3n) is 4.49. The number of carbonyl (C=O) groups excluding carboxylic acids is 1. The molecule has 3 N–H and O–H groups in total. The second-order valence-electron chi connectivity index (χ2n) is 6.90. The van der Waals surface area contributed by atoms with Crippen LogP contribution in [0, 0.1) is 6.92 Å².